The molecule has 0 aliphatic heterocycles. The van der Waals surface area contributed by atoms with Crippen molar-refractivity contribution >= 4 is 33.7 Å². The molecule has 0 bridgehead atoms. The van der Waals surface area contributed by atoms with Gasteiger partial charge in [0.15, 0.2) is 0 Å². The first-order valence-corrected chi connectivity index (χ1v) is 5.31. The number of nitrogens with zero attached hydrogens (tertiary/aromatic N) is 1. The summed E-state index contributed by atoms with van der Waals surface area (Å²) in [6.45, 7) is 0. The van der Waals surface area contributed by atoms with E-state index in [2.05, 4.69) is 25.7 Å². The first-order chi connectivity index (χ1) is 6.24. The second kappa shape index (κ2) is 5.24. The molecule has 0 spiro atoms. The number of halogens is 1. The number of hydrogen-bond donors (Lipinski definition) is 0. The number of pyridine rings is 1. The number of aromatic nitrogens is 1. The van der Waals surface area contributed by atoms with Gasteiger partial charge in [0.05, 0.1) is 12.9 Å². The lowest BCUT2D eigenvalue weighted by Crippen LogP contribution is -2.02. The number of methoxy groups -OCH3 is 1. The van der Waals surface area contributed by atoms with Gasteiger partial charge in [-0.05, 0) is 22.0 Å². The SMILES string of the molecule is COC(=O)CSc1ccncc1Br. The second-order valence-corrected chi connectivity index (χ2v) is 4.04. The smallest absolute Gasteiger partial charge is 0.315 e. The number of hydrogen-bond acceptors (Lipinski definition) is 4. The highest BCUT2D eigenvalue weighted by molar-refractivity contribution is 9.10. The highest BCUT2D eigenvalue weighted by Crippen LogP contribution is 2.25. The van der Waals surface area contributed by atoms with Gasteiger partial charge in [0.1, 0.15) is 0 Å². The highest BCUT2D eigenvalue weighted by Gasteiger charge is 2.04. The van der Waals surface area contributed by atoms with Crippen molar-refractivity contribution < 1.29 is 9.53 Å². The molecule has 1 aromatic rings. The van der Waals surface area contributed by atoms with Gasteiger partial charge in [0, 0.05) is 21.8 Å². The molecule has 1 rings (SSSR count). The van der Waals surface area contributed by atoms with Crippen molar-refractivity contribution in [2.24, 2.45) is 0 Å². The first-order valence-electron chi connectivity index (χ1n) is 3.53. The number of ether oxygens (including phenoxy) is 1. The predicted octanol–water partition coefficient (Wildman–Crippen LogP) is 2.11. The summed E-state index contributed by atoms with van der Waals surface area (Å²) in [5.41, 5.74) is 0. The van der Waals surface area contributed by atoms with E-state index in [0.29, 0.717) is 5.75 Å². The normalized spacial score (nSPS) is 9.69. The van der Waals surface area contributed by atoms with Crippen LogP contribution in [0, 0.1) is 0 Å². The molecule has 0 unspecified atom stereocenters. The molecule has 1 aromatic heterocycles. The Balaban J connectivity index is 2.54. The standard InChI is InChI=1S/C8H8BrNO2S/c1-12-8(11)5-13-7-2-3-10-4-6(7)9/h2-4H,5H2,1H3. The van der Waals surface area contributed by atoms with Gasteiger partial charge < -0.3 is 4.74 Å². The lowest BCUT2D eigenvalue weighted by molar-refractivity contribution is -0.137. The van der Waals surface area contributed by atoms with Crippen molar-refractivity contribution in [3.63, 3.8) is 0 Å². The molecule has 0 radical (unpaired) electrons. The van der Waals surface area contributed by atoms with Gasteiger partial charge in [-0.3, -0.25) is 9.78 Å². The Morgan fingerprint density at radius 2 is 2.54 bits per heavy atom. The maximum absolute atomic E-state index is 10.8. The summed E-state index contributed by atoms with van der Waals surface area (Å²) in [7, 11) is 1.38. The Labute approximate surface area is 89.0 Å². The molecule has 0 aliphatic carbocycles. The molecule has 0 N–H and O–H groups in total. The number of esters is 1. The van der Waals surface area contributed by atoms with Crippen molar-refractivity contribution in [1.29, 1.82) is 0 Å². The molecule has 70 valence electrons. The second-order valence-electron chi connectivity index (χ2n) is 2.17. The van der Waals surface area contributed by atoms with Crippen LogP contribution in [-0.2, 0) is 9.53 Å². The van der Waals surface area contributed by atoms with Crippen LogP contribution in [0.1, 0.15) is 0 Å². The van der Waals surface area contributed by atoms with E-state index in [1.54, 1.807) is 12.4 Å². The molecular formula is C8H8BrNO2S. The van der Waals surface area contributed by atoms with Crippen molar-refractivity contribution in [3.05, 3.63) is 22.9 Å². The summed E-state index contributed by atoms with van der Waals surface area (Å²) in [6.07, 6.45) is 3.38. The summed E-state index contributed by atoms with van der Waals surface area (Å²) >= 11 is 4.75. The van der Waals surface area contributed by atoms with Crippen molar-refractivity contribution in [2.45, 2.75) is 4.90 Å². The van der Waals surface area contributed by atoms with Crippen molar-refractivity contribution in [1.82, 2.24) is 4.98 Å². The van der Waals surface area contributed by atoms with E-state index >= 15 is 0 Å². The number of rotatable bonds is 3. The highest BCUT2D eigenvalue weighted by atomic mass is 79.9. The van der Waals surface area contributed by atoms with Gasteiger partial charge in [-0.2, -0.15) is 0 Å². The van der Waals surface area contributed by atoms with E-state index in [1.807, 2.05) is 6.07 Å². The zero-order valence-corrected chi connectivity index (χ0v) is 9.39. The van der Waals surface area contributed by atoms with Crippen LogP contribution in [0.25, 0.3) is 0 Å². The fraction of sp³-hybridized carbons (Fsp3) is 0.250. The van der Waals surface area contributed by atoms with Gasteiger partial charge in [0.2, 0.25) is 0 Å². The van der Waals surface area contributed by atoms with Gasteiger partial charge in [-0.1, -0.05) is 0 Å². The van der Waals surface area contributed by atoms with E-state index in [9.17, 15) is 4.79 Å². The Bertz CT molecular complexity index is 306. The minimum atomic E-state index is -0.228. The summed E-state index contributed by atoms with van der Waals surface area (Å²) < 4.78 is 5.41. The minimum Gasteiger partial charge on any atom is -0.468 e. The fourth-order valence-electron chi connectivity index (χ4n) is 0.675. The van der Waals surface area contributed by atoms with Gasteiger partial charge >= 0.3 is 5.97 Å². The molecule has 0 atom stereocenters. The third kappa shape index (κ3) is 3.36. The maximum Gasteiger partial charge on any atom is 0.315 e. The summed E-state index contributed by atoms with van der Waals surface area (Å²) in [6, 6.07) is 1.84. The molecule has 0 fully saturated rings. The largest absolute Gasteiger partial charge is 0.468 e. The van der Waals surface area contributed by atoms with Crippen LogP contribution < -0.4 is 0 Å². The van der Waals surface area contributed by atoms with Gasteiger partial charge in [-0.15, -0.1) is 11.8 Å². The van der Waals surface area contributed by atoms with E-state index in [-0.39, 0.29) is 5.97 Å². The van der Waals surface area contributed by atoms with Crippen LogP contribution in [0.4, 0.5) is 0 Å². The third-order valence-electron chi connectivity index (χ3n) is 1.31. The predicted molar refractivity (Wildman–Crippen MR) is 54.7 cm³/mol. The average molecular weight is 262 g/mol. The van der Waals surface area contributed by atoms with Crippen LogP contribution in [-0.4, -0.2) is 23.8 Å². The minimum absolute atomic E-state index is 0.228. The number of carbonyl (C=O) groups excluding carboxylic acids is 1. The first kappa shape index (κ1) is 10.5. The Morgan fingerprint density at radius 1 is 1.77 bits per heavy atom. The Morgan fingerprint density at radius 3 is 3.15 bits per heavy atom. The van der Waals surface area contributed by atoms with Gasteiger partial charge in [0.25, 0.3) is 0 Å². The van der Waals surface area contributed by atoms with E-state index in [4.69, 9.17) is 0 Å². The molecule has 1 heterocycles. The molecule has 13 heavy (non-hydrogen) atoms. The zero-order chi connectivity index (χ0) is 9.68. The molecule has 0 amide bonds. The van der Waals surface area contributed by atoms with Gasteiger partial charge in [-0.25, -0.2) is 0 Å². The summed E-state index contributed by atoms with van der Waals surface area (Å²) in [5, 5.41) is 0. The van der Waals surface area contributed by atoms with Crippen LogP contribution in [0.2, 0.25) is 0 Å². The van der Waals surface area contributed by atoms with Crippen LogP contribution in [0.15, 0.2) is 27.8 Å². The monoisotopic (exact) mass is 261 g/mol. The molecule has 0 aromatic carbocycles. The lowest BCUT2D eigenvalue weighted by atomic mass is 10.5. The number of thioether (sulfide) groups is 1. The molecule has 5 heteroatoms. The lowest BCUT2D eigenvalue weighted by Gasteiger charge is -2.01. The molecular weight excluding hydrogens is 254 g/mol. The molecule has 0 saturated heterocycles. The third-order valence-corrected chi connectivity index (χ3v) is 3.25. The fourth-order valence-corrected chi connectivity index (χ4v) is 2.01. The molecule has 3 nitrogen and oxygen atoms in total. The summed E-state index contributed by atoms with van der Waals surface area (Å²) in [4.78, 5) is 15.7. The van der Waals surface area contributed by atoms with Crippen LogP contribution in [0.3, 0.4) is 0 Å². The zero-order valence-electron chi connectivity index (χ0n) is 6.99. The van der Waals surface area contributed by atoms with E-state index in [1.165, 1.54) is 18.9 Å². The van der Waals surface area contributed by atoms with Crippen molar-refractivity contribution in [3.8, 4) is 0 Å². The average Bonchev–Trinajstić information content (AvgIpc) is 2.16. The molecule has 0 saturated carbocycles. The van der Waals surface area contributed by atoms with Crippen LogP contribution >= 0.6 is 27.7 Å². The van der Waals surface area contributed by atoms with Crippen molar-refractivity contribution in [2.75, 3.05) is 12.9 Å². The Kier molecular flexibility index (Phi) is 4.24. The maximum atomic E-state index is 10.8. The van der Waals surface area contributed by atoms with Crippen LogP contribution in [0.5, 0.6) is 0 Å². The quantitative estimate of drug-likeness (QED) is 0.617. The van der Waals surface area contributed by atoms with E-state index in [0.717, 1.165) is 9.37 Å². The summed E-state index contributed by atoms with van der Waals surface area (Å²) in [5.74, 6) is 0.0905. The topological polar surface area (TPSA) is 39.2 Å². The number of carbonyl (C=O) groups is 1. The van der Waals surface area contributed by atoms with E-state index < -0.39 is 0 Å². The molecule has 0 aliphatic rings. The Hall–Kier alpha value is -0.550.